The van der Waals surface area contributed by atoms with Crippen LogP contribution in [0.2, 0.25) is 5.02 Å². The number of alkyl halides is 4. The lowest BCUT2D eigenvalue weighted by Crippen LogP contribution is -2.50. The molecule has 2 N–H and O–H groups in total. The van der Waals surface area contributed by atoms with Gasteiger partial charge in [0.2, 0.25) is 5.91 Å². The fourth-order valence-electron chi connectivity index (χ4n) is 3.89. The lowest BCUT2D eigenvalue weighted by Gasteiger charge is -2.35. The summed E-state index contributed by atoms with van der Waals surface area (Å²) in [6, 6.07) is 9.14. The van der Waals surface area contributed by atoms with Crippen molar-refractivity contribution >= 4 is 58.0 Å². The van der Waals surface area contributed by atoms with E-state index in [9.17, 15) is 28.5 Å². The van der Waals surface area contributed by atoms with Crippen molar-refractivity contribution in [2.75, 3.05) is 5.32 Å². The van der Waals surface area contributed by atoms with E-state index in [1.54, 1.807) is 0 Å². The zero-order valence-corrected chi connectivity index (χ0v) is 18.9. The van der Waals surface area contributed by atoms with E-state index in [4.69, 9.17) is 34.8 Å². The van der Waals surface area contributed by atoms with Crippen LogP contribution in [-0.4, -0.2) is 33.0 Å². The number of carbonyl (C=O) groups is 2. The molecule has 33 heavy (non-hydrogen) atoms. The number of hydrogen-bond acceptors (Lipinski definition) is 4. The van der Waals surface area contributed by atoms with Crippen LogP contribution in [0.15, 0.2) is 42.5 Å². The van der Waals surface area contributed by atoms with Crippen molar-refractivity contribution in [2.45, 2.75) is 35.1 Å². The minimum absolute atomic E-state index is 0.0235. The van der Waals surface area contributed by atoms with E-state index in [0.29, 0.717) is 5.56 Å². The maximum Gasteiger partial charge on any atom is 0.269 e. The van der Waals surface area contributed by atoms with Gasteiger partial charge in [-0.05, 0) is 23.8 Å². The van der Waals surface area contributed by atoms with Crippen LogP contribution < -0.4 is 10.6 Å². The van der Waals surface area contributed by atoms with Crippen LogP contribution in [0.3, 0.4) is 0 Å². The van der Waals surface area contributed by atoms with Crippen molar-refractivity contribution in [3.05, 3.63) is 68.7 Å². The number of carbonyl (C=O) groups excluding carboxylic acids is 2. The Bertz CT molecular complexity index is 1140. The number of anilines is 1. The van der Waals surface area contributed by atoms with Gasteiger partial charge in [-0.3, -0.25) is 19.7 Å². The number of hydrogen-bond donors (Lipinski definition) is 2. The third-order valence-electron chi connectivity index (χ3n) is 5.70. The van der Waals surface area contributed by atoms with Gasteiger partial charge in [-0.2, -0.15) is 0 Å². The standard InChI is InChI=1S/C21H16Cl3F2N3O4/c22-15-6-3-11(7-14(15)18(30)28-12-8-20(25,26)9-12)27-19(31)17-16(21(17,23)24)10-1-4-13(5-2-10)29(32)33/h1-7,12,16-17H,8-9H2,(H,27,31)(H,28,30)/t16-,17+/m0/s1. The molecule has 12 heteroatoms. The molecule has 2 atom stereocenters. The molecule has 0 spiro atoms. The lowest BCUT2D eigenvalue weighted by atomic mass is 9.88. The van der Waals surface area contributed by atoms with E-state index >= 15 is 0 Å². The SMILES string of the molecule is O=C(NC1CC(F)(F)C1)c1cc(NC(=O)[C@H]2[C@H](c3ccc([N+](=O)[O-])cc3)C2(Cl)Cl)ccc1Cl. The number of halogens is 5. The van der Waals surface area contributed by atoms with Gasteiger partial charge < -0.3 is 10.6 Å². The van der Waals surface area contributed by atoms with Gasteiger partial charge in [0, 0.05) is 42.6 Å². The minimum Gasteiger partial charge on any atom is -0.349 e. The minimum atomic E-state index is -2.78. The molecule has 7 nitrogen and oxygen atoms in total. The molecule has 2 aromatic rings. The quantitative estimate of drug-likeness (QED) is 0.308. The van der Waals surface area contributed by atoms with Gasteiger partial charge in [-0.25, -0.2) is 8.78 Å². The van der Waals surface area contributed by atoms with E-state index < -0.39 is 57.7 Å². The highest BCUT2D eigenvalue weighted by Crippen LogP contribution is 2.65. The Morgan fingerprint density at radius 1 is 1.09 bits per heavy atom. The van der Waals surface area contributed by atoms with Gasteiger partial charge in [0.15, 0.2) is 0 Å². The third-order valence-corrected chi connectivity index (χ3v) is 6.97. The molecule has 2 aliphatic carbocycles. The van der Waals surface area contributed by atoms with E-state index in [2.05, 4.69) is 10.6 Å². The molecule has 2 aliphatic rings. The Labute approximate surface area is 201 Å². The molecule has 4 rings (SSSR count). The second-order valence-corrected chi connectivity index (χ2v) is 9.95. The van der Waals surface area contributed by atoms with Crippen molar-refractivity contribution in [1.82, 2.24) is 5.32 Å². The molecular formula is C21H16Cl3F2N3O4. The van der Waals surface area contributed by atoms with Crippen LogP contribution in [0.1, 0.15) is 34.7 Å². The Morgan fingerprint density at radius 3 is 2.30 bits per heavy atom. The van der Waals surface area contributed by atoms with Crippen molar-refractivity contribution in [1.29, 1.82) is 0 Å². The van der Waals surface area contributed by atoms with Crippen molar-refractivity contribution < 1.29 is 23.3 Å². The van der Waals surface area contributed by atoms with E-state index in [0.717, 1.165) is 0 Å². The molecule has 2 amide bonds. The van der Waals surface area contributed by atoms with Crippen LogP contribution in [-0.2, 0) is 4.79 Å². The zero-order valence-electron chi connectivity index (χ0n) is 16.7. The highest BCUT2D eigenvalue weighted by atomic mass is 35.5. The van der Waals surface area contributed by atoms with Crippen molar-refractivity contribution in [2.24, 2.45) is 5.92 Å². The third kappa shape index (κ3) is 4.76. The van der Waals surface area contributed by atoms with E-state index in [1.165, 1.54) is 42.5 Å². The predicted octanol–water partition coefficient (Wildman–Crippen LogP) is 5.30. The number of benzene rings is 2. The molecule has 0 heterocycles. The second kappa shape index (κ2) is 8.38. The number of nitrogens with zero attached hydrogens (tertiary/aromatic N) is 1. The first-order valence-corrected chi connectivity index (χ1v) is 10.9. The summed E-state index contributed by atoms with van der Waals surface area (Å²) in [5.74, 6) is -5.35. The Morgan fingerprint density at radius 2 is 1.73 bits per heavy atom. The summed E-state index contributed by atoms with van der Waals surface area (Å²) in [4.78, 5) is 35.5. The maximum absolute atomic E-state index is 13.0. The summed E-state index contributed by atoms with van der Waals surface area (Å²) in [7, 11) is 0. The van der Waals surface area contributed by atoms with Crippen LogP contribution in [0, 0.1) is 16.0 Å². The number of nitro benzene ring substituents is 1. The summed E-state index contributed by atoms with van der Waals surface area (Å²) in [6.45, 7) is 0. The molecule has 0 saturated heterocycles. The summed E-state index contributed by atoms with van der Waals surface area (Å²) in [6.07, 6.45) is -0.877. The number of non-ortho nitro benzene ring substituents is 1. The normalized spacial score (nSPS) is 22.7. The van der Waals surface area contributed by atoms with Crippen LogP contribution >= 0.6 is 34.8 Å². The highest BCUT2D eigenvalue weighted by molar-refractivity contribution is 6.53. The Kier molecular flexibility index (Phi) is 6.01. The first kappa shape index (κ1) is 23.7. The highest BCUT2D eigenvalue weighted by Gasteiger charge is 2.67. The average molecular weight is 519 g/mol. The van der Waals surface area contributed by atoms with Gasteiger partial charge >= 0.3 is 0 Å². The number of amides is 2. The summed E-state index contributed by atoms with van der Waals surface area (Å²) in [5.41, 5.74) is 0.731. The number of nitro groups is 1. The average Bonchev–Trinajstić information content (AvgIpc) is 3.30. The molecular weight excluding hydrogens is 503 g/mol. The molecule has 0 bridgehead atoms. The van der Waals surface area contributed by atoms with E-state index in [1.807, 2.05) is 0 Å². The molecule has 0 aliphatic heterocycles. The van der Waals surface area contributed by atoms with Gasteiger partial charge in [-0.1, -0.05) is 23.7 Å². The predicted molar refractivity (Wildman–Crippen MR) is 119 cm³/mol. The number of nitrogens with one attached hydrogen (secondary N) is 2. The molecule has 2 aromatic carbocycles. The van der Waals surface area contributed by atoms with Crippen LogP contribution in [0.25, 0.3) is 0 Å². The molecule has 0 aromatic heterocycles. The first-order chi connectivity index (χ1) is 15.4. The van der Waals surface area contributed by atoms with E-state index in [-0.39, 0.29) is 22.0 Å². The molecule has 174 valence electrons. The topological polar surface area (TPSA) is 101 Å². The zero-order chi connectivity index (χ0) is 24.1. The Hall–Kier alpha value is -2.49. The van der Waals surface area contributed by atoms with Crippen molar-refractivity contribution in [3.63, 3.8) is 0 Å². The van der Waals surface area contributed by atoms with Gasteiger partial charge in [0.1, 0.15) is 4.33 Å². The lowest BCUT2D eigenvalue weighted by molar-refractivity contribution is -0.384. The maximum atomic E-state index is 13.0. The van der Waals surface area contributed by atoms with Crippen LogP contribution in [0.4, 0.5) is 20.2 Å². The van der Waals surface area contributed by atoms with Gasteiger partial charge in [0.05, 0.1) is 21.4 Å². The van der Waals surface area contributed by atoms with Gasteiger partial charge in [0.25, 0.3) is 17.5 Å². The largest absolute Gasteiger partial charge is 0.349 e. The Balaban J connectivity index is 1.44. The molecule has 2 saturated carbocycles. The molecule has 0 unspecified atom stereocenters. The van der Waals surface area contributed by atoms with Gasteiger partial charge in [-0.15, -0.1) is 23.2 Å². The molecule has 2 fully saturated rings. The first-order valence-electron chi connectivity index (χ1n) is 9.80. The summed E-state index contributed by atoms with van der Waals surface area (Å²) >= 11 is 18.7. The van der Waals surface area contributed by atoms with Crippen LogP contribution in [0.5, 0.6) is 0 Å². The fourth-order valence-corrected chi connectivity index (χ4v) is 4.93. The molecule has 0 radical (unpaired) electrons. The monoisotopic (exact) mass is 517 g/mol. The second-order valence-electron chi connectivity index (χ2n) is 8.10. The van der Waals surface area contributed by atoms with Crippen molar-refractivity contribution in [3.8, 4) is 0 Å². The summed E-state index contributed by atoms with van der Waals surface area (Å²) < 4.78 is 24.6. The number of rotatable bonds is 6. The smallest absolute Gasteiger partial charge is 0.269 e. The fraction of sp³-hybridized carbons (Fsp3) is 0.333. The summed E-state index contributed by atoms with van der Waals surface area (Å²) in [5, 5.41) is 16.0.